The van der Waals surface area contributed by atoms with Crippen molar-refractivity contribution in [1.82, 2.24) is 10.6 Å². The van der Waals surface area contributed by atoms with Gasteiger partial charge in [0, 0.05) is 18.7 Å². The highest BCUT2D eigenvalue weighted by molar-refractivity contribution is 6.01. The van der Waals surface area contributed by atoms with Crippen LogP contribution in [0.25, 0.3) is 0 Å². The van der Waals surface area contributed by atoms with Crippen LogP contribution in [0.4, 0.5) is 9.59 Å². The largest absolute Gasteiger partial charge is 0.465 e. The van der Waals surface area contributed by atoms with E-state index in [9.17, 15) is 19.5 Å². The highest BCUT2D eigenvalue weighted by atomic mass is 16.5. The van der Waals surface area contributed by atoms with Crippen molar-refractivity contribution in [3.8, 4) is 0 Å². The Kier molecular flexibility index (Phi) is 7.33. The summed E-state index contributed by atoms with van der Waals surface area (Å²) in [5.74, 6) is -0.386. The molecule has 2 aromatic carbocycles. The summed E-state index contributed by atoms with van der Waals surface area (Å²) in [6.07, 6.45) is -1.70. The van der Waals surface area contributed by atoms with E-state index >= 15 is 0 Å². The molecule has 2 amide bonds. The van der Waals surface area contributed by atoms with Crippen molar-refractivity contribution in [2.24, 2.45) is 0 Å². The number of hydrogen-bond donors (Lipinski definition) is 4. The topological polar surface area (TPSA) is 125 Å². The third-order valence-electron chi connectivity index (χ3n) is 4.01. The zero-order valence-corrected chi connectivity index (χ0v) is 16.3. The first kappa shape index (κ1) is 21.9. The molecule has 0 fully saturated rings. The van der Waals surface area contributed by atoms with Crippen LogP contribution in [0.15, 0.2) is 48.5 Å². The zero-order chi connectivity index (χ0) is 21.4. The van der Waals surface area contributed by atoms with Crippen molar-refractivity contribution in [2.45, 2.75) is 39.1 Å². The van der Waals surface area contributed by atoms with Crippen LogP contribution in [0, 0.1) is 0 Å². The molecule has 29 heavy (non-hydrogen) atoms. The number of Topliss-reactive ketones (excluding diaryl/α,β-unsaturated/α-hetero) is 1. The first-order chi connectivity index (χ1) is 13.6. The van der Waals surface area contributed by atoms with Gasteiger partial charge in [-0.05, 0) is 30.5 Å². The average molecular weight is 400 g/mol. The number of carbonyl (C=O) groups is 3. The van der Waals surface area contributed by atoms with Crippen LogP contribution in [0.1, 0.15) is 40.9 Å². The van der Waals surface area contributed by atoms with E-state index < -0.39 is 17.8 Å². The van der Waals surface area contributed by atoms with Gasteiger partial charge < -0.3 is 25.6 Å². The number of hydrogen-bond acceptors (Lipinski definition) is 5. The molecule has 4 N–H and O–H groups in total. The van der Waals surface area contributed by atoms with Crippen LogP contribution >= 0.6 is 0 Å². The van der Waals surface area contributed by atoms with Gasteiger partial charge in [0.2, 0.25) is 0 Å². The number of aliphatic hydroxyl groups is 1. The van der Waals surface area contributed by atoms with Crippen molar-refractivity contribution >= 4 is 18.0 Å². The average Bonchev–Trinajstić information content (AvgIpc) is 2.68. The first-order valence-electron chi connectivity index (χ1n) is 8.96. The number of rotatable bonds is 8. The van der Waals surface area contributed by atoms with Gasteiger partial charge in [-0.15, -0.1) is 0 Å². The maximum Gasteiger partial charge on any atom is 0.407 e. The Bertz CT molecular complexity index is 871. The molecule has 8 heteroatoms. The Hall–Kier alpha value is -3.39. The van der Waals surface area contributed by atoms with E-state index in [4.69, 9.17) is 9.84 Å². The summed E-state index contributed by atoms with van der Waals surface area (Å²) in [7, 11) is 0. The van der Waals surface area contributed by atoms with Crippen LogP contribution < -0.4 is 10.6 Å². The summed E-state index contributed by atoms with van der Waals surface area (Å²) in [5, 5.41) is 23.3. The summed E-state index contributed by atoms with van der Waals surface area (Å²) >= 11 is 0. The lowest BCUT2D eigenvalue weighted by Crippen LogP contribution is -2.31. The predicted molar refractivity (Wildman–Crippen MR) is 105 cm³/mol. The number of alkyl carbamates (subject to hydrolysis) is 1. The fourth-order valence-electron chi connectivity index (χ4n) is 2.51. The second-order valence-electron chi connectivity index (χ2n) is 6.99. The zero-order valence-electron chi connectivity index (χ0n) is 16.3. The molecule has 0 saturated carbocycles. The monoisotopic (exact) mass is 400 g/mol. The molecule has 154 valence electrons. The molecule has 0 aliphatic rings. The fraction of sp³-hybridized carbons (Fsp3) is 0.286. The van der Waals surface area contributed by atoms with E-state index in [1.807, 2.05) is 6.07 Å². The Labute approximate surface area is 168 Å². The Morgan fingerprint density at radius 2 is 1.52 bits per heavy atom. The van der Waals surface area contributed by atoms with E-state index in [1.54, 1.807) is 42.5 Å². The van der Waals surface area contributed by atoms with Gasteiger partial charge in [-0.1, -0.05) is 48.5 Å². The maximum atomic E-state index is 12.0. The molecule has 0 bridgehead atoms. The second kappa shape index (κ2) is 9.70. The van der Waals surface area contributed by atoms with E-state index in [1.165, 1.54) is 13.8 Å². The van der Waals surface area contributed by atoms with Crippen LogP contribution in [0.2, 0.25) is 0 Å². The molecule has 0 atom stereocenters. The third kappa shape index (κ3) is 7.27. The molecule has 0 aliphatic heterocycles. The molecular formula is C21H24N2O6. The van der Waals surface area contributed by atoms with Gasteiger partial charge in [-0.2, -0.15) is 0 Å². The summed E-state index contributed by atoms with van der Waals surface area (Å²) < 4.78 is 5.15. The van der Waals surface area contributed by atoms with Gasteiger partial charge in [-0.25, -0.2) is 9.59 Å². The SMILES string of the molecule is CC(C)(O)C(=O)c1ccc(COC(=O)NCc2cccc(CNC(=O)O)c2)cc1. The van der Waals surface area contributed by atoms with Gasteiger partial charge in [0.1, 0.15) is 12.2 Å². The van der Waals surface area contributed by atoms with Crippen molar-refractivity contribution < 1.29 is 29.3 Å². The Morgan fingerprint density at radius 1 is 0.931 bits per heavy atom. The van der Waals surface area contributed by atoms with Crippen LogP contribution in [0.3, 0.4) is 0 Å². The molecule has 8 nitrogen and oxygen atoms in total. The Balaban J connectivity index is 1.81. The van der Waals surface area contributed by atoms with Gasteiger partial charge in [0.25, 0.3) is 0 Å². The lowest BCUT2D eigenvalue weighted by Gasteiger charge is -2.15. The first-order valence-corrected chi connectivity index (χ1v) is 8.96. The van der Waals surface area contributed by atoms with E-state index in [0.29, 0.717) is 11.1 Å². The van der Waals surface area contributed by atoms with Gasteiger partial charge in [0.05, 0.1) is 0 Å². The Morgan fingerprint density at radius 3 is 2.07 bits per heavy atom. The minimum atomic E-state index is -1.45. The molecule has 0 aromatic heterocycles. The highest BCUT2D eigenvalue weighted by Crippen LogP contribution is 2.14. The summed E-state index contributed by atoms with van der Waals surface area (Å²) in [5.41, 5.74) is 1.22. The number of carboxylic acid groups (broad SMARTS) is 1. The molecule has 0 aliphatic carbocycles. The van der Waals surface area contributed by atoms with Crippen molar-refractivity contribution in [1.29, 1.82) is 0 Å². The van der Waals surface area contributed by atoms with Crippen LogP contribution in [-0.2, 0) is 24.4 Å². The number of ketones is 1. The number of benzene rings is 2. The van der Waals surface area contributed by atoms with Gasteiger partial charge in [-0.3, -0.25) is 4.79 Å². The van der Waals surface area contributed by atoms with E-state index in [-0.39, 0.29) is 25.5 Å². The van der Waals surface area contributed by atoms with Gasteiger partial charge in [0.15, 0.2) is 5.78 Å². The number of carbonyl (C=O) groups excluding carboxylic acids is 2. The number of nitrogens with one attached hydrogen (secondary N) is 2. The third-order valence-corrected chi connectivity index (χ3v) is 4.01. The van der Waals surface area contributed by atoms with Crippen LogP contribution in [0.5, 0.6) is 0 Å². The van der Waals surface area contributed by atoms with E-state index in [2.05, 4.69) is 10.6 Å². The number of amides is 2. The van der Waals surface area contributed by atoms with Crippen molar-refractivity contribution in [3.05, 3.63) is 70.8 Å². The molecule has 0 unspecified atom stereocenters. The van der Waals surface area contributed by atoms with Crippen molar-refractivity contribution in [2.75, 3.05) is 0 Å². The lowest BCUT2D eigenvalue weighted by atomic mass is 9.96. The van der Waals surface area contributed by atoms with E-state index in [0.717, 1.165) is 11.1 Å². The van der Waals surface area contributed by atoms with Gasteiger partial charge >= 0.3 is 12.2 Å². The smallest absolute Gasteiger partial charge is 0.407 e. The fourth-order valence-corrected chi connectivity index (χ4v) is 2.51. The minimum absolute atomic E-state index is 0.0331. The molecule has 0 heterocycles. The predicted octanol–water partition coefficient (Wildman–Crippen LogP) is 2.83. The normalized spacial score (nSPS) is 10.9. The number of ether oxygens (including phenoxy) is 1. The lowest BCUT2D eigenvalue weighted by molar-refractivity contribution is 0.0488. The summed E-state index contributed by atoms with van der Waals surface area (Å²) in [6, 6.07) is 13.6. The van der Waals surface area contributed by atoms with Crippen LogP contribution in [-0.4, -0.2) is 33.8 Å². The molecular weight excluding hydrogens is 376 g/mol. The standard InChI is InChI=1S/C21H24N2O6/c1-21(2,28)18(24)17-8-6-14(7-9-17)13-29-20(27)23-12-16-5-3-4-15(10-16)11-22-19(25)26/h3-10,22,28H,11-13H2,1-2H3,(H,23,27)(H,25,26). The minimum Gasteiger partial charge on any atom is -0.465 e. The summed E-state index contributed by atoms with van der Waals surface area (Å²) in [6.45, 7) is 3.30. The maximum absolute atomic E-state index is 12.0. The molecule has 2 aromatic rings. The molecule has 0 saturated heterocycles. The van der Waals surface area contributed by atoms with Crippen molar-refractivity contribution in [3.63, 3.8) is 0 Å². The molecule has 0 spiro atoms. The summed E-state index contributed by atoms with van der Waals surface area (Å²) in [4.78, 5) is 34.4. The second-order valence-corrected chi connectivity index (χ2v) is 6.99. The molecule has 0 radical (unpaired) electrons. The highest BCUT2D eigenvalue weighted by Gasteiger charge is 2.24. The molecule has 2 rings (SSSR count). The quantitative estimate of drug-likeness (QED) is 0.505.